The van der Waals surface area contributed by atoms with Gasteiger partial charge in [-0.3, -0.25) is 24.7 Å². The first kappa shape index (κ1) is 51.2. The van der Waals surface area contributed by atoms with Gasteiger partial charge in [0, 0.05) is 57.5 Å². The number of aromatic nitrogens is 1. The Hall–Kier alpha value is -3.87. The number of aliphatic hydroxyl groups excluding tert-OH is 2. The lowest BCUT2D eigenvalue weighted by molar-refractivity contribution is -0.138. The maximum atomic E-state index is 13.8. The number of nitrogens with one attached hydrogen (secondary N) is 2. The molecular weight excluding hydrogens is 671 g/mol. The average Bonchev–Trinajstić information content (AvgIpc) is 3.52. The molecule has 10 nitrogen and oxygen atoms in total. The number of nitrogens with zero attached hydrogens (tertiary/aromatic N) is 4. The second-order valence-electron chi connectivity index (χ2n) is 11.8. The number of carbonyl (C=O) groups excluding carboxylic acids is 1. The minimum Gasteiger partial charge on any atom is -0.391 e. The largest absolute Gasteiger partial charge is 0.391 e. The van der Waals surface area contributed by atoms with Gasteiger partial charge in [0.25, 0.3) is 0 Å². The molecule has 3 atom stereocenters. The van der Waals surface area contributed by atoms with Crippen molar-refractivity contribution < 1.29 is 24.1 Å². The van der Waals surface area contributed by atoms with Gasteiger partial charge in [0.2, 0.25) is 5.91 Å². The summed E-state index contributed by atoms with van der Waals surface area (Å²) in [7, 11) is 3.11. The fourth-order valence-electron chi connectivity index (χ4n) is 4.78. The molecule has 3 rings (SSSR count). The summed E-state index contributed by atoms with van der Waals surface area (Å²) in [6.45, 7) is 25.5. The quantitative estimate of drug-likeness (QED) is 0.0724. The molecule has 300 valence electrons. The van der Waals surface area contributed by atoms with E-state index in [0.717, 1.165) is 42.4 Å². The lowest BCUT2D eigenvalue weighted by atomic mass is 10.0. The molecule has 0 spiro atoms. The predicted octanol–water partition coefficient (Wildman–Crippen LogP) is 8.19. The highest BCUT2D eigenvalue weighted by Crippen LogP contribution is 2.19. The first-order chi connectivity index (χ1) is 25.4. The number of β-amino-alcohol motifs (C(OH)–C–C–N with tert-alkyl or cyclic N) is 1. The number of allylic oxidation sites excluding steroid dienone is 4. The molecule has 11 heteroatoms. The van der Waals surface area contributed by atoms with Crippen molar-refractivity contribution in [2.24, 2.45) is 0 Å². The Balaban J connectivity index is 0. The summed E-state index contributed by atoms with van der Waals surface area (Å²) in [5.41, 5.74) is 6.22. The van der Waals surface area contributed by atoms with E-state index in [2.05, 4.69) is 80.1 Å². The van der Waals surface area contributed by atoms with E-state index in [1.807, 2.05) is 52.1 Å². The number of hydrogen-bond acceptors (Lipinski definition) is 9. The van der Waals surface area contributed by atoms with Crippen molar-refractivity contribution >= 4 is 16.8 Å². The van der Waals surface area contributed by atoms with Crippen LogP contribution in [0.15, 0.2) is 97.4 Å². The van der Waals surface area contributed by atoms with E-state index in [9.17, 15) is 19.4 Å². The monoisotopic (exact) mass is 743 g/mol. The van der Waals surface area contributed by atoms with Gasteiger partial charge in [-0.1, -0.05) is 104 Å². The minimum atomic E-state index is -0.872. The lowest BCUT2D eigenvalue weighted by Gasteiger charge is -2.30. The molecule has 3 unspecified atom stereocenters. The molecule has 4 N–H and O–H groups in total. The number of hydrazine groups is 2. The van der Waals surface area contributed by atoms with Gasteiger partial charge in [-0.25, -0.2) is 4.39 Å². The van der Waals surface area contributed by atoms with Crippen molar-refractivity contribution in [2.45, 2.75) is 113 Å². The van der Waals surface area contributed by atoms with Gasteiger partial charge in [-0.2, -0.15) is 0 Å². The number of methoxy groups -OCH3 is 1. The Morgan fingerprint density at radius 3 is 2.32 bits per heavy atom. The van der Waals surface area contributed by atoms with Crippen LogP contribution in [0.5, 0.6) is 0 Å². The zero-order valence-electron chi connectivity index (χ0n) is 34.5. The van der Waals surface area contributed by atoms with Crippen LogP contribution >= 0.6 is 0 Å². The summed E-state index contributed by atoms with van der Waals surface area (Å²) >= 11 is 0. The van der Waals surface area contributed by atoms with Crippen molar-refractivity contribution in [3.8, 4) is 0 Å². The highest BCUT2D eigenvalue weighted by molar-refractivity contribution is 5.81. The molecule has 0 fully saturated rings. The molecule has 1 aromatic heterocycles. The Morgan fingerprint density at radius 1 is 1.15 bits per heavy atom. The Labute approximate surface area is 320 Å². The van der Waals surface area contributed by atoms with Crippen LogP contribution in [0.1, 0.15) is 93.6 Å². The standard InChI is InChI=1S/C19H24N2.C16H27FN4O4.C3H8.2C2H6/c1-3-5-6-9-13-20-17(4-2)15-16-12-14-21-19-11-8-7-10-18(16)19;1-11(2)15(17)9-21(12(3)23)16(25-5)6-14(24)8-20-7-13(10-22)19(4)18-20;1-3-2;2*1-2/h3,5-8,10-12,14,17,20H,1,4,9,13,15H2,2H3;7,9,14,16,18,22,24H,1,6,8,10H2,2-5H3;3H2,1-2H3;2*1-2H3/b6-5+;15-9+;;;. The number of likely N-dealkylation sites (N-methyl/N-ethyl adjacent to an activating group) is 1. The van der Waals surface area contributed by atoms with E-state index in [-0.39, 0.29) is 25.1 Å². The summed E-state index contributed by atoms with van der Waals surface area (Å²) in [4.78, 5) is 17.3. The summed E-state index contributed by atoms with van der Waals surface area (Å²) in [5.74, 6) is -1.05. The van der Waals surface area contributed by atoms with Crippen molar-refractivity contribution in [1.29, 1.82) is 0 Å². The third kappa shape index (κ3) is 20.8. The van der Waals surface area contributed by atoms with Crippen LogP contribution in [-0.4, -0.2) is 88.2 Å². The third-order valence-electron chi connectivity index (χ3n) is 7.38. The smallest absolute Gasteiger partial charge is 0.225 e. The zero-order valence-corrected chi connectivity index (χ0v) is 34.5. The van der Waals surface area contributed by atoms with E-state index < -0.39 is 24.1 Å². The summed E-state index contributed by atoms with van der Waals surface area (Å²) in [5, 5.41) is 27.6. The first-order valence-electron chi connectivity index (χ1n) is 18.9. The molecule has 1 aliphatic heterocycles. The summed E-state index contributed by atoms with van der Waals surface area (Å²) in [6, 6.07) is 11.0. The van der Waals surface area contributed by atoms with Crippen molar-refractivity contribution in [3.05, 3.63) is 103 Å². The molecular formula is C42H71FN6O4. The van der Waals surface area contributed by atoms with E-state index in [1.165, 1.54) is 38.3 Å². The van der Waals surface area contributed by atoms with Gasteiger partial charge >= 0.3 is 0 Å². The molecule has 53 heavy (non-hydrogen) atoms. The van der Waals surface area contributed by atoms with Crippen LogP contribution in [0, 0.1) is 0 Å². The topological polar surface area (TPSA) is 113 Å². The molecule has 2 aromatic rings. The number of benzene rings is 1. The fraction of sp³-hybridized carbons (Fsp3) is 0.524. The van der Waals surface area contributed by atoms with Gasteiger partial charge in [-0.05, 0) is 56.0 Å². The van der Waals surface area contributed by atoms with Crippen molar-refractivity contribution in [2.75, 3.05) is 33.9 Å². The number of fused-ring (bicyclic) bond motifs is 1. The maximum absolute atomic E-state index is 13.8. The number of aliphatic hydroxyl groups is 2. The predicted molar refractivity (Wildman–Crippen MR) is 221 cm³/mol. The zero-order chi connectivity index (χ0) is 40.8. The van der Waals surface area contributed by atoms with Gasteiger partial charge in [0.15, 0.2) is 0 Å². The van der Waals surface area contributed by atoms with Crippen LogP contribution in [0.25, 0.3) is 10.9 Å². The maximum Gasteiger partial charge on any atom is 0.225 e. The van der Waals surface area contributed by atoms with Gasteiger partial charge in [0.05, 0.1) is 30.5 Å². The van der Waals surface area contributed by atoms with Crippen LogP contribution in [0.4, 0.5) is 4.39 Å². The van der Waals surface area contributed by atoms with E-state index in [4.69, 9.17) is 4.74 Å². The molecule has 1 aliphatic rings. The fourth-order valence-corrected chi connectivity index (χ4v) is 4.78. The summed E-state index contributed by atoms with van der Waals surface area (Å²) in [6.07, 6.45) is 13.4. The number of pyridine rings is 1. The molecule has 0 bridgehead atoms. The second kappa shape index (κ2) is 31.6. The van der Waals surface area contributed by atoms with Crippen molar-refractivity contribution in [3.63, 3.8) is 0 Å². The van der Waals surface area contributed by atoms with E-state index in [0.29, 0.717) is 11.7 Å². The number of carbonyl (C=O) groups is 1. The SMILES string of the molecule is C=C(C)/C(F)=C\N(C(C)=O)C(CC(O)CN1C=C(CO)N(C)N1)OC.C=C/C=C/CCNC(CC)Cc1ccnc2ccccc12.CC.CC.CCC. The van der Waals surface area contributed by atoms with Crippen LogP contribution in [0.3, 0.4) is 0 Å². The van der Waals surface area contributed by atoms with Crippen LogP contribution < -0.4 is 10.9 Å². The highest BCUT2D eigenvalue weighted by Gasteiger charge is 2.26. The number of para-hydroxylation sites is 1. The summed E-state index contributed by atoms with van der Waals surface area (Å²) < 4.78 is 19.1. The molecule has 1 aromatic carbocycles. The van der Waals surface area contributed by atoms with Gasteiger partial charge in [-0.15, -0.1) is 5.53 Å². The highest BCUT2D eigenvalue weighted by atomic mass is 19.1. The molecule has 0 saturated heterocycles. The number of amides is 1. The number of halogens is 1. The Kier molecular flexibility index (Phi) is 30.6. The molecule has 0 saturated carbocycles. The minimum absolute atomic E-state index is 0.0697. The molecule has 0 aliphatic carbocycles. The van der Waals surface area contributed by atoms with Crippen LogP contribution in [-0.2, 0) is 16.0 Å². The van der Waals surface area contributed by atoms with E-state index >= 15 is 0 Å². The molecule has 1 amide bonds. The van der Waals surface area contributed by atoms with Gasteiger partial charge < -0.3 is 20.3 Å². The normalized spacial score (nSPS) is 13.8. The molecule has 2 heterocycles. The second-order valence-corrected chi connectivity index (χ2v) is 11.8. The number of hydrogen-bond donors (Lipinski definition) is 4. The lowest BCUT2D eigenvalue weighted by Crippen LogP contribution is -2.44. The van der Waals surface area contributed by atoms with Crippen LogP contribution in [0.2, 0.25) is 0 Å². The molecule has 0 radical (unpaired) electrons. The number of rotatable bonds is 17. The number of ether oxygens (including phenoxy) is 1. The van der Waals surface area contributed by atoms with Crippen molar-refractivity contribution in [1.82, 2.24) is 30.8 Å². The first-order valence-corrected chi connectivity index (χ1v) is 18.9. The third-order valence-corrected chi connectivity index (χ3v) is 7.38. The van der Waals surface area contributed by atoms with E-state index in [1.54, 1.807) is 23.3 Å². The average molecular weight is 743 g/mol. The Bertz CT molecular complexity index is 1380. The van der Waals surface area contributed by atoms with Gasteiger partial charge in [0.1, 0.15) is 12.1 Å². The Morgan fingerprint density at radius 2 is 1.79 bits per heavy atom.